The van der Waals surface area contributed by atoms with Gasteiger partial charge >= 0.3 is 0 Å². The second-order valence-corrected chi connectivity index (χ2v) is 7.23. The molecule has 0 unspecified atom stereocenters. The predicted octanol–water partition coefficient (Wildman–Crippen LogP) is 3.00. The van der Waals surface area contributed by atoms with Crippen LogP contribution in [0.2, 0.25) is 0 Å². The molecule has 2 atom stereocenters. The number of thiophene rings is 1. The largest absolute Gasteiger partial charge is 0.354 e. The Morgan fingerprint density at radius 2 is 2.19 bits per heavy atom. The van der Waals surface area contributed by atoms with Crippen molar-refractivity contribution in [2.24, 2.45) is 5.92 Å². The number of piperidine rings is 1. The summed E-state index contributed by atoms with van der Waals surface area (Å²) in [5.41, 5.74) is 0. The fraction of sp³-hybridized carbons (Fsp3) is 0.625. The van der Waals surface area contributed by atoms with Crippen molar-refractivity contribution in [3.05, 3.63) is 17.8 Å². The third-order valence-electron chi connectivity index (χ3n) is 4.88. The van der Waals surface area contributed by atoms with E-state index in [0.717, 1.165) is 29.7 Å². The van der Waals surface area contributed by atoms with Crippen LogP contribution < -0.4 is 4.90 Å². The fourth-order valence-electron chi connectivity index (χ4n) is 3.94. The van der Waals surface area contributed by atoms with E-state index in [0.29, 0.717) is 6.04 Å². The van der Waals surface area contributed by atoms with Crippen LogP contribution in [-0.2, 0) is 0 Å². The maximum atomic E-state index is 4.62. The average Bonchev–Trinajstić information content (AvgIpc) is 2.80. The van der Waals surface area contributed by atoms with Crippen LogP contribution in [-0.4, -0.2) is 47.1 Å². The van der Waals surface area contributed by atoms with Crippen LogP contribution in [0.1, 0.15) is 26.2 Å². The Balaban J connectivity index is 1.66. The molecule has 0 aliphatic carbocycles. The van der Waals surface area contributed by atoms with E-state index in [4.69, 9.17) is 0 Å². The molecule has 3 saturated heterocycles. The van der Waals surface area contributed by atoms with Gasteiger partial charge in [-0.15, -0.1) is 11.3 Å². The normalized spacial score (nSPS) is 26.4. The Morgan fingerprint density at radius 3 is 3.10 bits per heavy atom. The zero-order valence-corrected chi connectivity index (χ0v) is 13.4. The quantitative estimate of drug-likeness (QED) is 0.872. The van der Waals surface area contributed by atoms with E-state index >= 15 is 0 Å². The van der Waals surface area contributed by atoms with Crippen LogP contribution >= 0.6 is 11.3 Å². The maximum Gasteiger partial charge on any atom is 0.140 e. The fourth-order valence-corrected chi connectivity index (χ4v) is 4.67. The van der Waals surface area contributed by atoms with Crippen LogP contribution in [0.25, 0.3) is 10.2 Å². The summed E-state index contributed by atoms with van der Waals surface area (Å²) in [7, 11) is 0. The summed E-state index contributed by atoms with van der Waals surface area (Å²) in [6.07, 6.45) is 5.70. The van der Waals surface area contributed by atoms with Gasteiger partial charge in [-0.1, -0.05) is 6.92 Å². The van der Waals surface area contributed by atoms with Gasteiger partial charge in [0, 0.05) is 25.7 Å². The van der Waals surface area contributed by atoms with Gasteiger partial charge < -0.3 is 4.90 Å². The smallest absolute Gasteiger partial charge is 0.140 e. The Kier molecular flexibility index (Phi) is 3.55. The first-order chi connectivity index (χ1) is 10.3. The van der Waals surface area contributed by atoms with Crippen LogP contribution in [0.5, 0.6) is 0 Å². The molecular weight excluding hydrogens is 280 g/mol. The first kappa shape index (κ1) is 13.5. The third-order valence-corrected chi connectivity index (χ3v) is 5.70. The predicted molar refractivity (Wildman–Crippen MR) is 88.0 cm³/mol. The van der Waals surface area contributed by atoms with Gasteiger partial charge in [-0.3, -0.25) is 4.90 Å². The van der Waals surface area contributed by atoms with Crippen molar-refractivity contribution in [2.75, 3.05) is 31.1 Å². The molecule has 2 bridgehead atoms. The van der Waals surface area contributed by atoms with E-state index in [9.17, 15) is 0 Å². The molecule has 21 heavy (non-hydrogen) atoms. The first-order valence-corrected chi connectivity index (χ1v) is 8.90. The highest BCUT2D eigenvalue weighted by atomic mass is 32.1. The van der Waals surface area contributed by atoms with Gasteiger partial charge in [0.2, 0.25) is 0 Å². The number of hydrogen-bond acceptors (Lipinski definition) is 5. The second kappa shape index (κ2) is 5.54. The van der Waals surface area contributed by atoms with Crippen molar-refractivity contribution in [2.45, 2.75) is 32.2 Å². The van der Waals surface area contributed by atoms with E-state index in [-0.39, 0.29) is 0 Å². The number of hydrogen-bond donors (Lipinski definition) is 0. The SMILES string of the molecule is CCCN1C[C@H]2CC[C@@H]1CN(c1ncnc3sccc13)C2. The molecule has 2 aromatic heterocycles. The Morgan fingerprint density at radius 1 is 1.24 bits per heavy atom. The molecular formula is C16H22N4S. The van der Waals surface area contributed by atoms with Gasteiger partial charge in [-0.25, -0.2) is 9.97 Å². The van der Waals surface area contributed by atoms with E-state index in [1.54, 1.807) is 17.7 Å². The minimum atomic E-state index is 0.701. The number of anilines is 1. The molecule has 112 valence electrons. The van der Waals surface area contributed by atoms with Crippen molar-refractivity contribution < 1.29 is 0 Å². The number of rotatable bonds is 3. The highest BCUT2D eigenvalue weighted by Crippen LogP contribution is 2.33. The summed E-state index contributed by atoms with van der Waals surface area (Å²) >= 11 is 1.71. The lowest BCUT2D eigenvalue weighted by molar-refractivity contribution is 0.134. The van der Waals surface area contributed by atoms with Crippen molar-refractivity contribution in [3.8, 4) is 0 Å². The van der Waals surface area contributed by atoms with E-state index < -0.39 is 0 Å². The molecule has 4 nitrogen and oxygen atoms in total. The standard InChI is InChI=1S/C16H22N4S/c1-2-6-19-8-12-3-4-13(19)10-20(9-12)15-14-5-7-21-16(14)18-11-17-15/h5,7,11-13H,2-4,6,8-10H2,1H3/t12-,13-/m1/s1. The number of nitrogens with zero attached hydrogens (tertiary/aromatic N) is 4. The molecule has 3 aliphatic rings. The minimum Gasteiger partial charge on any atom is -0.354 e. The maximum absolute atomic E-state index is 4.62. The van der Waals surface area contributed by atoms with Gasteiger partial charge in [0.15, 0.2) is 0 Å². The highest BCUT2D eigenvalue weighted by molar-refractivity contribution is 7.16. The van der Waals surface area contributed by atoms with Crippen LogP contribution in [0.15, 0.2) is 17.8 Å². The second-order valence-electron chi connectivity index (χ2n) is 6.33. The van der Waals surface area contributed by atoms with Crippen molar-refractivity contribution >= 4 is 27.4 Å². The minimum absolute atomic E-state index is 0.701. The molecule has 5 heterocycles. The summed E-state index contributed by atoms with van der Waals surface area (Å²) in [5.74, 6) is 1.94. The Labute approximate surface area is 129 Å². The zero-order valence-electron chi connectivity index (χ0n) is 12.5. The summed E-state index contributed by atoms with van der Waals surface area (Å²) in [5, 5.41) is 3.35. The summed E-state index contributed by atoms with van der Waals surface area (Å²) in [4.78, 5) is 15.3. The Hall–Kier alpha value is -1.20. The lowest BCUT2D eigenvalue weighted by Crippen LogP contribution is -2.44. The molecule has 0 N–H and O–H groups in total. The third kappa shape index (κ3) is 2.42. The molecule has 3 fully saturated rings. The molecule has 5 heteroatoms. The molecule has 0 spiro atoms. The molecule has 0 amide bonds. The van der Waals surface area contributed by atoms with Gasteiger partial charge in [0.05, 0.1) is 5.39 Å². The highest BCUT2D eigenvalue weighted by Gasteiger charge is 2.35. The molecule has 0 aromatic carbocycles. The van der Waals surface area contributed by atoms with Gasteiger partial charge in [0.1, 0.15) is 17.0 Å². The van der Waals surface area contributed by atoms with Crippen LogP contribution in [0, 0.1) is 5.92 Å². The summed E-state index contributed by atoms with van der Waals surface area (Å²) in [6, 6.07) is 2.87. The van der Waals surface area contributed by atoms with Gasteiger partial charge in [0.25, 0.3) is 0 Å². The Bertz CT molecular complexity index is 626. The molecule has 0 saturated carbocycles. The van der Waals surface area contributed by atoms with Gasteiger partial charge in [-0.2, -0.15) is 0 Å². The summed E-state index contributed by atoms with van der Waals surface area (Å²) < 4.78 is 0. The van der Waals surface area contributed by atoms with E-state index in [1.165, 1.54) is 37.7 Å². The monoisotopic (exact) mass is 302 g/mol. The van der Waals surface area contributed by atoms with Crippen molar-refractivity contribution in [3.63, 3.8) is 0 Å². The topological polar surface area (TPSA) is 32.3 Å². The van der Waals surface area contributed by atoms with Crippen LogP contribution in [0.4, 0.5) is 5.82 Å². The lowest BCUT2D eigenvalue weighted by atomic mass is 9.95. The van der Waals surface area contributed by atoms with Gasteiger partial charge in [-0.05, 0) is 43.2 Å². The van der Waals surface area contributed by atoms with E-state index in [2.05, 4.69) is 38.1 Å². The lowest BCUT2D eigenvalue weighted by Gasteiger charge is -2.35. The zero-order chi connectivity index (χ0) is 14.2. The van der Waals surface area contributed by atoms with Crippen molar-refractivity contribution in [1.82, 2.24) is 14.9 Å². The van der Waals surface area contributed by atoms with Crippen molar-refractivity contribution in [1.29, 1.82) is 0 Å². The molecule has 5 rings (SSSR count). The average molecular weight is 302 g/mol. The first-order valence-electron chi connectivity index (χ1n) is 8.02. The summed E-state index contributed by atoms with van der Waals surface area (Å²) in [6.45, 7) is 7.08. The number of fused-ring (bicyclic) bond motifs is 5. The number of aromatic nitrogens is 2. The molecule has 2 aromatic rings. The van der Waals surface area contributed by atoms with E-state index in [1.807, 2.05) is 0 Å². The molecule has 0 radical (unpaired) electrons. The molecule has 3 aliphatic heterocycles. The van der Waals surface area contributed by atoms with Crippen LogP contribution in [0.3, 0.4) is 0 Å².